The molecule has 0 N–H and O–H groups in total. The molecule has 0 saturated heterocycles. The Balaban J connectivity index is 2.12. The second-order valence-electron chi connectivity index (χ2n) is 4.67. The van der Waals surface area contributed by atoms with Crippen LogP contribution in [0.4, 0.5) is 0 Å². The number of esters is 1. The van der Waals surface area contributed by atoms with Crippen molar-refractivity contribution in [2.45, 2.75) is 33.1 Å². The van der Waals surface area contributed by atoms with E-state index in [-0.39, 0.29) is 30.7 Å². The average molecular weight is 253 g/mol. The summed E-state index contributed by atoms with van der Waals surface area (Å²) in [4.78, 5) is 34.9. The van der Waals surface area contributed by atoms with Gasteiger partial charge in [-0.15, -0.1) is 0 Å². The summed E-state index contributed by atoms with van der Waals surface area (Å²) in [5.74, 6) is -0.396. The Kier molecular flexibility index (Phi) is 5.55. The van der Waals surface area contributed by atoms with Crippen LogP contribution in [0.5, 0.6) is 0 Å². The molecule has 0 aliphatic carbocycles. The number of hydrogen-bond donors (Lipinski definition) is 0. The van der Waals surface area contributed by atoms with Crippen molar-refractivity contribution in [3.05, 3.63) is 12.2 Å². The monoisotopic (exact) mass is 253 g/mol. The minimum Gasteiger partial charge on any atom is -0.466 e. The number of ether oxygens (including phenoxy) is 1. The number of hydrogen-bond acceptors (Lipinski definition) is 4. The number of carbonyl (C=O) groups excluding carboxylic acids is 3. The van der Waals surface area contributed by atoms with E-state index in [4.69, 9.17) is 4.74 Å². The summed E-state index contributed by atoms with van der Waals surface area (Å²) < 4.78 is 5.03. The lowest BCUT2D eigenvalue weighted by Gasteiger charge is -2.13. The Morgan fingerprint density at radius 1 is 1.28 bits per heavy atom. The molecule has 18 heavy (non-hydrogen) atoms. The van der Waals surface area contributed by atoms with Gasteiger partial charge in [-0.25, -0.2) is 0 Å². The van der Waals surface area contributed by atoms with Crippen molar-refractivity contribution in [2.75, 3.05) is 13.2 Å². The van der Waals surface area contributed by atoms with E-state index in [9.17, 15) is 14.4 Å². The molecule has 0 aromatic carbocycles. The number of carbonyl (C=O) groups is 3. The molecule has 1 aliphatic rings. The van der Waals surface area contributed by atoms with Crippen LogP contribution >= 0.6 is 0 Å². The molecule has 0 saturated carbocycles. The molecule has 2 amide bonds. The molecule has 1 rings (SSSR count). The van der Waals surface area contributed by atoms with Crippen LogP contribution in [-0.2, 0) is 19.1 Å². The maximum atomic E-state index is 11.3. The second-order valence-corrected chi connectivity index (χ2v) is 4.67. The third-order valence-corrected chi connectivity index (χ3v) is 2.62. The molecule has 0 spiro atoms. The van der Waals surface area contributed by atoms with Crippen molar-refractivity contribution in [1.82, 2.24) is 4.90 Å². The molecule has 5 nitrogen and oxygen atoms in total. The highest BCUT2D eigenvalue weighted by molar-refractivity contribution is 6.12. The van der Waals surface area contributed by atoms with E-state index in [0.717, 1.165) is 11.3 Å². The SMILES string of the molecule is CC(C)CCOC(=O)CCCN1C(=O)C=CC1=O. The fourth-order valence-corrected chi connectivity index (χ4v) is 1.51. The molecule has 0 bridgehead atoms. The fraction of sp³-hybridized carbons (Fsp3) is 0.615. The minimum atomic E-state index is -0.312. The summed E-state index contributed by atoms with van der Waals surface area (Å²) in [5, 5.41) is 0. The van der Waals surface area contributed by atoms with E-state index in [1.165, 1.54) is 12.2 Å². The molecule has 0 radical (unpaired) electrons. The van der Waals surface area contributed by atoms with Gasteiger partial charge in [0.25, 0.3) is 11.8 Å². The van der Waals surface area contributed by atoms with Crippen LogP contribution in [-0.4, -0.2) is 35.8 Å². The topological polar surface area (TPSA) is 63.7 Å². The lowest BCUT2D eigenvalue weighted by Crippen LogP contribution is -2.31. The number of nitrogens with zero attached hydrogens (tertiary/aromatic N) is 1. The first-order chi connectivity index (χ1) is 8.50. The Morgan fingerprint density at radius 2 is 1.89 bits per heavy atom. The van der Waals surface area contributed by atoms with Crippen LogP contribution in [0.1, 0.15) is 33.1 Å². The van der Waals surface area contributed by atoms with Crippen molar-refractivity contribution in [1.29, 1.82) is 0 Å². The van der Waals surface area contributed by atoms with E-state index < -0.39 is 0 Å². The first-order valence-electron chi connectivity index (χ1n) is 6.20. The van der Waals surface area contributed by atoms with Gasteiger partial charge in [-0.05, 0) is 18.8 Å². The molecule has 1 heterocycles. The Labute approximate surface area is 107 Å². The van der Waals surface area contributed by atoms with E-state index in [1.54, 1.807) is 0 Å². The number of rotatable bonds is 7. The van der Waals surface area contributed by atoms with Gasteiger partial charge in [0, 0.05) is 25.1 Å². The van der Waals surface area contributed by atoms with Gasteiger partial charge < -0.3 is 4.74 Å². The zero-order valence-electron chi connectivity index (χ0n) is 10.8. The van der Waals surface area contributed by atoms with Crippen molar-refractivity contribution in [2.24, 2.45) is 5.92 Å². The first kappa shape index (κ1) is 14.4. The van der Waals surface area contributed by atoms with Crippen molar-refractivity contribution in [3.63, 3.8) is 0 Å². The number of amides is 2. The summed E-state index contributed by atoms with van der Waals surface area (Å²) in [5.41, 5.74) is 0. The molecule has 0 aromatic rings. The van der Waals surface area contributed by atoms with Gasteiger partial charge in [-0.3, -0.25) is 19.3 Å². The summed E-state index contributed by atoms with van der Waals surface area (Å²) in [6, 6.07) is 0. The molecule has 1 aliphatic heterocycles. The Morgan fingerprint density at radius 3 is 2.44 bits per heavy atom. The highest BCUT2D eigenvalue weighted by atomic mass is 16.5. The van der Waals surface area contributed by atoms with Crippen molar-refractivity contribution in [3.8, 4) is 0 Å². The van der Waals surface area contributed by atoms with Gasteiger partial charge in [0.2, 0.25) is 0 Å². The first-order valence-corrected chi connectivity index (χ1v) is 6.20. The van der Waals surface area contributed by atoms with E-state index in [2.05, 4.69) is 13.8 Å². The predicted molar refractivity (Wildman–Crippen MR) is 65.5 cm³/mol. The smallest absolute Gasteiger partial charge is 0.305 e. The quantitative estimate of drug-likeness (QED) is 0.506. The molecule has 0 aromatic heterocycles. The van der Waals surface area contributed by atoms with Gasteiger partial charge in [0.1, 0.15) is 0 Å². The minimum absolute atomic E-state index is 0.231. The maximum Gasteiger partial charge on any atom is 0.305 e. The van der Waals surface area contributed by atoms with E-state index in [1.807, 2.05) is 0 Å². The zero-order chi connectivity index (χ0) is 13.5. The van der Waals surface area contributed by atoms with E-state index in [0.29, 0.717) is 18.9 Å². The summed E-state index contributed by atoms with van der Waals surface area (Å²) >= 11 is 0. The summed E-state index contributed by atoms with van der Waals surface area (Å²) in [6.07, 6.45) is 4.00. The molecular formula is C13H19NO4. The van der Waals surface area contributed by atoms with E-state index >= 15 is 0 Å². The van der Waals surface area contributed by atoms with Crippen LogP contribution in [0, 0.1) is 5.92 Å². The van der Waals surface area contributed by atoms with Crippen LogP contribution in [0.3, 0.4) is 0 Å². The maximum absolute atomic E-state index is 11.3. The summed E-state index contributed by atoms with van der Waals surface area (Å²) in [6.45, 7) is 4.82. The highest BCUT2D eigenvalue weighted by Crippen LogP contribution is 2.06. The molecule has 0 atom stereocenters. The van der Waals surface area contributed by atoms with Crippen LogP contribution in [0.2, 0.25) is 0 Å². The third-order valence-electron chi connectivity index (χ3n) is 2.62. The highest BCUT2D eigenvalue weighted by Gasteiger charge is 2.22. The summed E-state index contributed by atoms with van der Waals surface area (Å²) in [7, 11) is 0. The third kappa shape index (κ3) is 4.69. The largest absolute Gasteiger partial charge is 0.466 e. The van der Waals surface area contributed by atoms with Crippen LogP contribution < -0.4 is 0 Å². The van der Waals surface area contributed by atoms with Gasteiger partial charge in [0.15, 0.2) is 0 Å². The van der Waals surface area contributed by atoms with Gasteiger partial charge >= 0.3 is 5.97 Å². The number of imide groups is 1. The fourth-order valence-electron chi connectivity index (χ4n) is 1.51. The van der Waals surface area contributed by atoms with Gasteiger partial charge in [-0.2, -0.15) is 0 Å². The molecular weight excluding hydrogens is 234 g/mol. The molecule has 0 unspecified atom stereocenters. The van der Waals surface area contributed by atoms with Crippen molar-refractivity contribution >= 4 is 17.8 Å². The lowest BCUT2D eigenvalue weighted by atomic mass is 10.1. The molecule has 100 valence electrons. The van der Waals surface area contributed by atoms with Crippen LogP contribution in [0.15, 0.2) is 12.2 Å². The van der Waals surface area contributed by atoms with Crippen molar-refractivity contribution < 1.29 is 19.1 Å². The van der Waals surface area contributed by atoms with Gasteiger partial charge in [-0.1, -0.05) is 13.8 Å². The lowest BCUT2D eigenvalue weighted by molar-refractivity contribution is -0.145. The normalized spacial score (nSPS) is 14.7. The molecule has 0 fully saturated rings. The predicted octanol–water partition coefficient (Wildman–Crippen LogP) is 1.28. The Bertz CT molecular complexity index is 342. The standard InChI is InChI=1S/C13H19NO4/c1-10(2)7-9-18-13(17)4-3-8-14-11(15)5-6-12(14)16/h5-6,10H,3-4,7-9H2,1-2H3. The second kappa shape index (κ2) is 6.93. The zero-order valence-corrected chi connectivity index (χ0v) is 10.8. The van der Waals surface area contributed by atoms with Crippen LogP contribution in [0.25, 0.3) is 0 Å². The molecule has 5 heteroatoms. The average Bonchev–Trinajstić information content (AvgIpc) is 2.60. The van der Waals surface area contributed by atoms with Gasteiger partial charge in [0.05, 0.1) is 6.61 Å². The Hall–Kier alpha value is -1.65.